The van der Waals surface area contributed by atoms with Crippen LogP contribution in [0.5, 0.6) is 0 Å². The zero-order valence-electron chi connectivity index (χ0n) is 18.7. The van der Waals surface area contributed by atoms with Gasteiger partial charge < -0.3 is 0 Å². The molecule has 1 aliphatic carbocycles. The summed E-state index contributed by atoms with van der Waals surface area (Å²) in [6.07, 6.45) is 7.25. The van der Waals surface area contributed by atoms with Crippen molar-refractivity contribution in [1.82, 2.24) is 4.57 Å². The van der Waals surface area contributed by atoms with Gasteiger partial charge in [0.1, 0.15) is 0 Å². The van der Waals surface area contributed by atoms with E-state index in [0.717, 1.165) is 45.4 Å². The highest BCUT2D eigenvalue weighted by molar-refractivity contribution is 7.07. The monoisotopic (exact) mass is 460 g/mol. The number of benzene rings is 3. The van der Waals surface area contributed by atoms with Crippen molar-refractivity contribution < 1.29 is 0 Å². The first-order valence-electron chi connectivity index (χ1n) is 11.7. The van der Waals surface area contributed by atoms with Crippen LogP contribution in [0.2, 0.25) is 0 Å². The van der Waals surface area contributed by atoms with E-state index in [9.17, 15) is 4.79 Å². The summed E-state index contributed by atoms with van der Waals surface area (Å²) in [5, 5.41) is 0. The molecule has 2 heterocycles. The number of rotatable bonds is 3. The maximum Gasteiger partial charge on any atom is 0.271 e. The predicted molar refractivity (Wildman–Crippen MR) is 139 cm³/mol. The van der Waals surface area contributed by atoms with E-state index >= 15 is 0 Å². The van der Waals surface area contributed by atoms with E-state index in [4.69, 9.17) is 4.99 Å². The van der Waals surface area contributed by atoms with Crippen LogP contribution in [0.15, 0.2) is 118 Å². The standard InChI is InChI=1S/C30H24N2OS/c33-29-26(20-22-13-6-2-7-14-22)34-30-31-27-24(19-21-11-4-1-5-12-21)17-10-18-25(27)28(32(29)30)23-15-8-3-9-16-23/h1-9,11-16,19-20,28H,10,17-18H2/b24-19+,26-20+. The van der Waals surface area contributed by atoms with Gasteiger partial charge in [0.2, 0.25) is 0 Å². The summed E-state index contributed by atoms with van der Waals surface area (Å²) in [6.45, 7) is 0. The molecule has 3 aromatic carbocycles. The molecule has 0 fully saturated rings. The Morgan fingerprint density at radius 1 is 0.794 bits per heavy atom. The van der Waals surface area contributed by atoms with Gasteiger partial charge in [-0.05, 0) is 59.3 Å². The molecule has 0 spiro atoms. The Labute approximate surface area is 202 Å². The van der Waals surface area contributed by atoms with Gasteiger partial charge in [-0.25, -0.2) is 4.99 Å². The molecule has 34 heavy (non-hydrogen) atoms. The van der Waals surface area contributed by atoms with E-state index in [2.05, 4.69) is 54.6 Å². The third kappa shape index (κ3) is 3.80. The average Bonchev–Trinajstić information content (AvgIpc) is 3.19. The van der Waals surface area contributed by atoms with E-state index in [1.54, 1.807) is 0 Å². The van der Waals surface area contributed by atoms with Gasteiger partial charge in [-0.2, -0.15) is 0 Å². The highest BCUT2D eigenvalue weighted by atomic mass is 32.1. The van der Waals surface area contributed by atoms with Crippen LogP contribution < -0.4 is 14.9 Å². The van der Waals surface area contributed by atoms with Crippen molar-refractivity contribution in [3.63, 3.8) is 0 Å². The summed E-state index contributed by atoms with van der Waals surface area (Å²) in [5.74, 6) is 0. The van der Waals surface area contributed by atoms with Crippen LogP contribution in [-0.4, -0.2) is 4.57 Å². The van der Waals surface area contributed by atoms with Crippen molar-refractivity contribution in [2.75, 3.05) is 0 Å². The molecular formula is C30H24N2OS. The third-order valence-electron chi connectivity index (χ3n) is 6.49. The Hall–Kier alpha value is -3.76. The molecule has 0 N–H and O–H groups in total. The maximum absolute atomic E-state index is 13.7. The minimum absolute atomic E-state index is 0.0344. The average molecular weight is 461 g/mol. The Morgan fingerprint density at radius 3 is 2.09 bits per heavy atom. The fourth-order valence-electron chi connectivity index (χ4n) is 4.94. The Kier molecular flexibility index (Phi) is 5.44. The summed E-state index contributed by atoms with van der Waals surface area (Å²) < 4.78 is 2.64. The number of aromatic nitrogens is 1. The maximum atomic E-state index is 13.7. The molecule has 2 aliphatic rings. The highest BCUT2D eigenvalue weighted by Gasteiger charge is 2.32. The number of hydrogen-bond acceptors (Lipinski definition) is 3. The van der Waals surface area contributed by atoms with Crippen molar-refractivity contribution in [3.05, 3.63) is 144 Å². The topological polar surface area (TPSA) is 34.4 Å². The lowest BCUT2D eigenvalue weighted by Crippen LogP contribution is -2.39. The summed E-state index contributed by atoms with van der Waals surface area (Å²) in [6, 6.07) is 30.7. The highest BCUT2D eigenvalue weighted by Crippen LogP contribution is 2.40. The van der Waals surface area contributed by atoms with Gasteiger partial charge in [0.05, 0.1) is 16.3 Å². The lowest BCUT2D eigenvalue weighted by Gasteiger charge is -2.31. The first kappa shape index (κ1) is 20.8. The van der Waals surface area contributed by atoms with E-state index < -0.39 is 0 Å². The molecule has 4 aromatic rings. The van der Waals surface area contributed by atoms with Gasteiger partial charge in [-0.15, -0.1) is 0 Å². The minimum Gasteiger partial charge on any atom is -0.272 e. The van der Waals surface area contributed by atoms with Gasteiger partial charge in [-0.1, -0.05) is 102 Å². The molecule has 0 saturated heterocycles. The molecule has 166 valence electrons. The molecule has 1 aliphatic heterocycles. The first-order chi connectivity index (χ1) is 16.8. The van der Waals surface area contributed by atoms with Crippen LogP contribution in [-0.2, 0) is 0 Å². The summed E-state index contributed by atoms with van der Waals surface area (Å²) in [7, 11) is 0. The SMILES string of the molecule is O=c1/c(=C\c2ccccc2)sc2n1C(c1ccccc1)C1=C(N=2)/C(=C/c2ccccc2)CCC1. The molecule has 0 radical (unpaired) electrons. The van der Waals surface area contributed by atoms with Crippen LogP contribution in [0.25, 0.3) is 12.2 Å². The molecule has 6 rings (SSSR count). The van der Waals surface area contributed by atoms with Gasteiger partial charge in [-0.3, -0.25) is 9.36 Å². The second kappa shape index (κ2) is 8.88. The lowest BCUT2D eigenvalue weighted by atomic mass is 9.84. The number of thiazole rings is 1. The fourth-order valence-corrected chi connectivity index (χ4v) is 5.94. The van der Waals surface area contributed by atoms with Crippen LogP contribution in [0.3, 0.4) is 0 Å². The van der Waals surface area contributed by atoms with Gasteiger partial charge in [0.15, 0.2) is 4.80 Å². The molecule has 3 nitrogen and oxygen atoms in total. The number of allylic oxidation sites excluding steroid dienone is 2. The number of nitrogens with zero attached hydrogens (tertiary/aromatic N) is 2. The molecule has 1 aromatic heterocycles. The Bertz CT molecular complexity index is 1580. The van der Waals surface area contributed by atoms with E-state index in [1.165, 1.54) is 28.0 Å². The van der Waals surface area contributed by atoms with Crippen molar-refractivity contribution in [2.45, 2.75) is 25.3 Å². The molecule has 0 bridgehead atoms. The second-order valence-electron chi connectivity index (χ2n) is 8.71. The van der Waals surface area contributed by atoms with E-state index in [0.29, 0.717) is 0 Å². The van der Waals surface area contributed by atoms with Gasteiger partial charge in [0.25, 0.3) is 5.56 Å². The minimum atomic E-state index is -0.121. The smallest absolute Gasteiger partial charge is 0.271 e. The fraction of sp³-hybridized carbons (Fsp3) is 0.133. The second-order valence-corrected chi connectivity index (χ2v) is 9.72. The molecular weight excluding hydrogens is 436 g/mol. The quantitative estimate of drug-likeness (QED) is 0.398. The van der Waals surface area contributed by atoms with Gasteiger partial charge >= 0.3 is 0 Å². The molecule has 0 saturated carbocycles. The van der Waals surface area contributed by atoms with Crippen molar-refractivity contribution in [3.8, 4) is 0 Å². The Balaban J connectivity index is 1.59. The third-order valence-corrected chi connectivity index (χ3v) is 7.47. The van der Waals surface area contributed by atoms with Crippen molar-refractivity contribution in [2.24, 2.45) is 4.99 Å². The van der Waals surface area contributed by atoms with Gasteiger partial charge in [0, 0.05) is 0 Å². The van der Waals surface area contributed by atoms with Crippen LogP contribution in [0, 0.1) is 0 Å². The number of fused-ring (bicyclic) bond motifs is 1. The largest absolute Gasteiger partial charge is 0.272 e. The normalized spacial score (nSPS) is 19.0. The summed E-state index contributed by atoms with van der Waals surface area (Å²) in [5.41, 5.74) is 6.96. The predicted octanol–water partition coefficient (Wildman–Crippen LogP) is 5.48. The van der Waals surface area contributed by atoms with Crippen LogP contribution in [0.4, 0.5) is 0 Å². The zero-order valence-corrected chi connectivity index (χ0v) is 19.5. The molecule has 0 amide bonds. The zero-order chi connectivity index (χ0) is 22.9. The van der Waals surface area contributed by atoms with Crippen molar-refractivity contribution >= 4 is 23.5 Å². The molecule has 1 atom stereocenters. The molecule has 4 heteroatoms. The first-order valence-corrected chi connectivity index (χ1v) is 12.5. The van der Waals surface area contributed by atoms with E-state index in [1.807, 2.05) is 53.1 Å². The van der Waals surface area contributed by atoms with Crippen LogP contribution in [0.1, 0.15) is 42.0 Å². The lowest BCUT2D eigenvalue weighted by molar-refractivity contribution is 0.553. The Morgan fingerprint density at radius 2 is 1.41 bits per heavy atom. The van der Waals surface area contributed by atoms with E-state index in [-0.39, 0.29) is 11.6 Å². The van der Waals surface area contributed by atoms with Crippen LogP contribution >= 0.6 is 11.3 Å². The summed E-state index contributed by atoms with van der Waals surface area (Å²) >= 11 is 1.49. The van der Waals surface area contributed by atoms with Crippen molar-refractivity contribution in [1.29, 1.82) is 0 Å². The summed E-state index contributed by atoms with van der Waals surface area (Å²) in [4.78, 5) is 19.6. The number of hydrogen-bond donors (Lipinski definition) is 0. The molecule has 1 unspecified atom stereocenters.